The summed E-state index contributed by atoms with van der Waals surface area (Å²) in [6.07, 6.45) is 1.25. The van der Waals surface area contributed by atoms with Gasteiger partial charge in [-0.15, -0.1) is 0 Å². The summed E-state index contributed by atoms with van der Waals surface area (Å²) in [6.45, 7) is 1.44. The molecular formula is C27H27F3IN3O. The molecule has 2 N–H and O–H groups in total. The monoisotopic (exact) mass is 593 g/mol. The molecule has 8 heteroatoms. The lowest BCUT2D eigenvalue weighted by molar-refractivity contribution is -0.138. The Morgan fingerprint density at radius 2 is 1.77 bits per heavy atom. The third-order valence-electron chi connectivity index (χ3n) is 6.53. The van der Waals surface area contributed by atoms with E-state index in [-0.39, 0.29) is 18.0 Å². The largest absolute Gasteiger partial charge is 0.416 e. The number of carbonyl (C=O) groups excluding carboxylic acids is 1. The van der Waals surface area contributed by atoms with Gasteiger partial charge in [-0.2, -0.15) is 13.2 Å². The van der Waals surface area contributed by atoms with E-state index < -0.39 is 23.3 Å². The lowest BCUT2D eigenvalue weighted by Crippen LogP contribution is -2.54. The van der Waals surface area contributed by atoms with Crippen LogP contribution < -0.4 is 10.6 Å². The second kappa shape index (κ2) is 10.6. The van der Waals surface area contributed by atoms with Crippen LogP contribution in [0.4, 0.5) is 18.0 Å². The molecule has 0 aliphatic heterocycles. The minimum Gasteiger partial charge on any atom is -0.335 e. The maximum absolute atomic E-state index is 13.9. The first-order chi connectivity index (χ1) is 16.7. The van der Waals surface area contributed by atoms with Crippen molar-refractivity contribution in [2.24, 2.45) is 0 Å². The molecule has 184 valence electrons. The Hall–Kier alpha value is -2.62. The molecule has 35 heavy (non-hydrogen) atoms. The van der Waals surface area contributed by atoms with E-state index in [4.69, 9.17) is 0 Å². The van der Waals surface area contributed by atoms with Gasteiger partial charge in [0.1, 0.15) is 5.54 Å². The fourth-order valence-electron chi connectivity index (χ4n) is 4.73. The summed E-state index contributed by atoms with van der Waals surface area (Å²) in [5.74, 6) is 0. The fraction of sp³-hybridized carbons (Fsp3) is 0.333. The van der Waals surface area contributed by atoms with Gasteiger partial charge in [-0.1, -0.05) is 55.3 Å². The van der Waals surface area contributed by atoms with Gasteiger partial charge in [0.2, 0.25) is 0 Å². The molecule has 0 spiro atoms. The number of benzene rings is 2. The standard InChI is InChI=1S/C27H27F3IN3O/c1-18-11-12-20(15-23(18)27(28,29)30)26(16-19-7-3-2-4-8-19,24-14-13-21(31)17-32-24)34-25(35)33-22-9-5-6-10-22/h2-4,7-8,11-15,17,22H,5-6,9-10,16H2,1H3,(H2,33,34,35)/t26-/m1/s1. The van der Waals surface area contributed by atoms with Gasteiger partial charge < -0.3 is 10.6 Å². The second-order valence-corrected chi connectivity index (χ2v) is 10.3. The lowest BCUT2D eigenvalue weighted by Gasteiger charge is -2.36. The first kappa shape index (κ1) is 25.5. The highest BCUT2D eigenvalue weighted by atomic mass is 127. The summed E-state index contributed by atoms with van der Waals surface area (Å²) in [5, 5.41) is 6.10. The van der Waals surface area contributed by atoms with Crippen LogP contribution >= 0.6 is 22.6 Å². The van der Waals surface area contributed by atoms with Gasteiger partial charge in [0.15, 0.2) is 0 Å². The zero-order valence-corrected chi connectivity index (χ0v) is 21.5. The molecule has 2 aromatic carbocycles. The van der Waals surface area contributed by atoms with E-state index in [1.165, 1.54) is 13.0 Å². The van der Waals surface area contributed by atoms with E-state index in [1.807, 2.05) is 36.4 Å². The Bertz CT molecular complexity index is 1160. The maximum Gasteiger partial charge on any atom is 0.416 e. The molecule has 1 atom stereocenters. The number of nitrogens with one attached hydrogen (secondary N) is 2. The number of amides is 2. The predicted molar refractivity (Wildman–Crippen MR) is 138 cm³/mol. The molecule has 4 rings (SSSR count). The molecule has 1 saturated carbocycles. The molecule has 0 bridgehead atoms. The first-order valence-electron chi connectivity index (χ1n) is 11.6. The lowest BCUT2D eigenvalue weighted by atomic mass is 9.79. The van der Waals surface area contributed by atoms with E-state index in [0.29, 0.717) is 11.3 Å². The molecule has 1 fully saturated rings. The van der Waals surface area contributed by atoms with Crippen molar-refractivity contribution in [2.45, 2.75) is 56.8 Å². The molecule has 0 radical (unpaired) electrons. The average Bonchev–Trinajstić information content (AvgIpc) is 3.32. The number of hydrogen-bond acceptors (Lipinski definition) is 2. The molecule has 4 nitrogen and oxygen atoms in total. The number of aromatic nitrogens is 1. The van der Waals surface area contributed by atoms with E-state index >= 15 is 0 Å². The molecule has 1 aromatic heterocycles. The van der Waals surface area contributed by atoms with Gasteiger partial charge in [0.25, 0.3) is 0 Å². The number of nitrogens with zero attached hydrogens (tertiary/aromatic N) is 1. The number of pyridine rings is 1. The Labute approximate surface area is 216 Å². The van der Waals surface area contributed by atoms with Crippen LogP contribution in [0.2, 0.25) is 0 Å². The topological polar surface area (TPSA) is 54.0 Å². The molecule has 3 aromatic rings. The number of hydrogen-bond donors (Lipinski definition) is 2. The van der Waals surface area contributed by atoms with E-state index in [0.717, 1.165) is 40.9 Å². The van der Waals surface area contributed by atoms with E-state index in [9.17, 15) is 18.0 Å². The van der Waals surface area contributed by atoms with Gasteiger partial charge in [0, 0.05) is 22.2 Å². The summed E-state index contributed by atoms with van der Waals surface area (Å²) in [5.41, 5.74) is -0.253. The summed E-state index contributed by atoms with van der Waals surface area (Å²) in [6, 6.07) is 16.9. The smallest absolute Gasteiger partial charge is 0.335 e. The van der Waals surface area contributed by atoms with E-state index in [2.05, 4.69) is 38.2 Å². The van der Waals surface area contributed by atoms with Crippen LogP contribution in [0.15, 0.2) is 66.9 Å². The predicted octanol–water partition coefficient (Wildman–Crippen LogP) is 6.74. The third-order valence-corrected chi connectivity index (χ3v) is 7.17. The van der Waals surface area contributed by atoms with Crippen molar-refractivity contribution in [1.82, 2.24) is 15.6 Å². The fourth-order valence-corrected chi connectivity index (χ4v) is 5.05. The average molecular weight is 593 g/mol. The minimum atomic E-state index is -4.52. The van der Waals surface area contributed by atoms with Crippen molar-refractivity contribution in [1.29, 1.82) is 0 Å². The van der Waals surface area contributed by atoms with Crippen LogP contribution in [0.5, 0.6) is 0 Å². The minimum absolute atomic E-state index is 0.0536. The number of halogens is 4. The van der Waals surface area contributed by atoms with Gasteiger partial charge in [-0.3, -0.25) is 4.98 Å². The normalized spacial score (nSPS) is 16.0. The SMILES string of the molecule is Cc1ccc([C@@](Cc2ccccc2)(NC(=O)NC2CCCC2)c2ccc(I)cn2)cc1C(F)(F)F. The van der Waals surface area contributed by atoms with Crippen LogP contribution in [-0.4, -0.2) is 17.1 Å². The number of carbonyl (C=O) groups is 1. The van der Waals surface area contributed by atoms with Crippen LogP contribution in [-0.2, 0) is 18.1 Å². The highest BCUT2D eigenvalue weighted by Gasteiger charge is 2.41. The van der Waals surface area contributed by atoms with Gasteiger partial charge in [0.05, 0.1) is 11.3 Å². The zero-order valence-electron chi connectivity index (χ0n) is 19.3. The number of aryl methyl sites for hydroxylation is 1. The number of urea groups is 1. The molecule has 2 amide bonds. The van der Waals surface area contributed by atoms with Crippen molar-refractivity contribution in [3.63, 3.8) is 0 Å². The Morgan fingerprint density at radius 1 is 1.06 bits per heavy atom. The van der Waals surface area contributed by atoms with Crippen molar-refractivity contribution in [3.05, 3.63) is 98.4 Å². The van der Waals surface area contributed by atoms with Crippen molar-refractivity contribution >= 4 is 28.6 Å². The van der Waals surface area contributed by atoms with Gasteiger partial charge in [-0.05, 0) is 77.2 Å². The summed E-state index contributed by atoms with van der Waals surface area (Å²) < 4.78 is 42.6. The molecule has 0 unspecified atom stereocenters. The Kier molecular flexibility index (Phi) is 7.68. The highest BCUT2D eigenvalue weighted by Crippen LogP contribution is 2.38. The Balaban J connectivity index is 1.88. The van der Waals surface area contributed by atoms with Crippen molar-refractivity contribution in [3.8, 4) is 0 Å². The van der Waals surface area contributed by atoms with Crippen LogP contribution in [0.25, 0.3) is 0 Å². The molecule has 1 aliphatic carbocycles. The van der Waals surface area contributed by atoms with Crippen LogP contribution in [0.3, 0.4) is 0 Å². The first-order valence-corrected chi connectivity index (χ1v) is 12.7. The van der Waals surface area contributed by atoms with Gasteiger partial charge >= 0.3 is 12.2 Å². The van der Waals surface area contributed by atoms with Crippen molar-refractivity contribution < 1.29 is 18.0 Å². The summed E-state index contributed by atoms with van der Waals surface area (Å²) in [7, 11) is 0. The maximum atomic E-state index is 13.9. The summed E-state index contributed by atoms with van der Waals surface area (Å²) in [4.78, 5) is 17.9. The molecule has 1 heterocycles. The molecule has 1 aliphatic rings. The second-order valence-electron chi connectivity index (χ2n) is 9.04. The third kappa shape index (κ3) is 5.97. The van der Waals surface area contributed by atoms with E-state index in [1.54, 1.807) is 18.3 Å². The number of rotatable bonds is 6. The quantitative estimate of drug-likeness (QED) is 0.311. The number of alkyl halides is 3. The summed E-state index contributed by atoms with van der Waals surface area (Å²) >= 11 is 2.13. The van der Waals surface area contributed by atoms with Crippen LogP contribution in [0.1, 0.15) is 53.6 Å². The highest BCUT2D eigenvalue weighted by molar-refractivity contribution is 14.1. The molecule has 0 saturated heterocycles. The van der Waals surface area contributed by atoms with Crippen molar-refractivity contribution in [2.75, 3.05) is 0 Å². The Morgan fingerprint density at radius 3 is 2.40 bits per heavy atom. The van der Waals surface area contributed by atoms with Crippen LogP contribution in [0, 0.1) is 10.5 Å². The molecular weight excluding hydrogens is 566 g/mol. The zero-order chi connectivity index (χ0) is 25.1. The van der Waals surface area contributed by atoms with Gasteiger partial charge in [-0.25, -0.2) is 4.79 Å².